The number of hydrogen-bond acceptors (Lipinski definition) is 6. The Morgan fingerprint density at radius 2 is 1.78 bits per heavy atom. The Balaban J connectivity index is 2.01. The van der Waals surface area contributed by atoms with Gasteiger partial charge in [-0.2, -0.15) is 13.2 Å². The van der Waals surface area contributed by atoms with Gasteiger partial charge in [0.15, 0.2) is 9.84 Å². The van der Waals surface area contributed by atoms with Crippen LogP contribution in [-0.2, 0) is 20.8 Å². The zero-order chi connectivity index (χ0) is 19.8. The molecule has 27 heavy (non-hydrogen) atoms. The zero-order valence-corrected chi connectivity index (χ0v) is 14.5. The number of alkyl halides is 3. The molecule has 7 nitrogen and oxygen atoms in total. The molecule has 11 heteroatoms. The fraction of sp³-hybridized carbons (Fsp3) is 0.312. The van der Waals surface area contributed by atoms with Gasteiger partial charge in [-0.05, 0) is 24.6 Å². The summed E-state index contributed by atoms with van der Waals surface area (Å²) in [5.41, 5.74) is -1.27. The molecule has 2 atom stereocenters. The summed E-state index contributed by atoms with van der Waals surface area (Å²) in [7, 11) is -4.44. The SMILES string of the molecule is O=C(O)C1CC(S(=O)(=O)c2ccccc2C(F)(F)F)CN1c1ncccn1. The van der Waals surface area contributed by atoms with E-state index in [9.17, 15) is 31.5 Å². The Morgan fingerprint density at radius 1 is 1.15 bits per heavy atom. The highest BCUT2D eigenvalue weighted by Gasteiger charge is 2.47. The van der Waals surface area contributed by atoms with E-state index in [0.29, 0.717) is 6.07 Å². The monoisotopic (exact) mass is 401 g/mol. The summed E-state index contributed by atoms with van der Waals surface area (Å²) in [5.74, 6) is -1.30. The molecule has 0 spiro atoms. The van der Waals surface area contributed by atoms with Crippen molar-refractivity contribution in [3.63, 3.8) is 0 Å². The maximum atomic E-state index is 13.2. The van der Waals surface area contributed by atoms with E-state index in [2.05, 4.69) is 9.97 Å². The van der Waals surface area contributed by atoms with Crippen LogP contribution in [0.1, 0.15) is 12.0 Å². The molecule has 1 aromatic heterocycles. The molecule has 1 aromatic carbocycles. The highest BCUT2D eigenvalue weighted by molar-refractivity contribution is 7.92. The molecule has 2 aromatic rings. The van der Waals surface area contributed by atoms with E-state index in [1.54, 1.807) is 0 Å². The highest BCUT2D eigenvalue weighted by Crippen LogP contribution is 2.37. The van der Waals surface area contributed by atoms with Crippen LogP contribution in [0.15, 0.2) is 47.6 Å². The molecule has 1 saturated heterocycles. The first-order valence-corrected chi connectivity index (χ1v) is 9.33. The van der Waals surface area contributed by atoms with E-state index in [0.717, 1.165) is 12.1 Å². The van der Waals surface area contributed by atoms with Crippen molar-refractivity contribution in [1.29, 1.82) is 0 Å². The minimum absolute atomic E-state index is 0.00621. The largest absolute Gasteiger partial charge is 0.480 e. The van der Waals surface area contributed by atoms with Crippen LogP contribution < -0.4 is 4.90 Å². The number of carbonyl (C=O) groups is 1. The first-order chi connectivity index (χ1) is 12.6. The molecule has 0 radical (unpaired) electrons. The second-order valence-corrected chi connectivity index (χ2v) is 8.15. The Kier molecular flexibility index (Phi) is 4.81. The van der Waals surface area contributed by atoms with E-state index >= 15 is 0 Å². The van der Waals surface area contributed by atoms with E-state index in [1.165, 1.54) is 29.4 Å². The van der Waals surface area contributed by atoms with Gasteiger partial charge in [0.2, 0.25) is 5.95 Å². The van der Waals surface area contributed by atoms with Crippen molar-refractivity contribution in [2.24, 2.45) is 0 Å². The minimum atomic E-state index is -4.85. The van der Waals surface area contributed by atoms with Gasteiger partial charge in [0.25, 0.3) is 0 Å². The summed E-state index contributed by atoms with van der Waals surface area (Å²) in [5, 5.41) is 8.07. The van der Waals surface area contributed by atoms with Crippen molar-refractivity contribution in [3.8, 4) is 0 Å². The third-order valence-electron chi connectivity index (χ3n) is 4.29. The van der Waals surface area contributed by atoms with Crippen molar-refractivity contribution >= 4 is 21.8 Å². The number of aromatic nitrogens is 2. The van der Waals surface area contributed by atoms with Gasteiger partial charge in [0.1, 0.15) is 6.04 Å². The third kappa shape index (κ3) is 3.59. The number of rotatable bonds is 4. The smallest absolute Gasteiger partial charge is 0.417 e. The molecule has 1 aliphatic rings. The number of aliphatic carboxylic acids is 1. The van der Waals surface area contributed by atoms with Gasteiger partial charge in [-0.1, -0.05) is 12.1 Å². The number of anilines is 1. The van der Waals surface area contributed by atoms with Gasteiger partial charge < -0.3 is 10.0 Å². The van der Waals surface area contributed by atoms with Gasteiger partial charge in [-0.15, -0.1) is 0 Å². The molecule has 2 unspecified atom stereocenters. The van der Waals surface area contributed by atoms with Gasteiger partial charge >= 0.3 is 12.1 Å². The molecule has 1 fully saturated rings. The predicted octanol–water partition coefficient (Wildman–Crippen LogP) is 2.00. The van der Waals surface area contributed by atoms with Crippen LogP contribution >= 0.6 is 0 Å². The van der Waals surface area contributed by atoms with Crippen LogP contribution in [0.25, 0.3) is 0 Å². The predicted molar refractivity (Wildman–Crippen MR) is 87.8 cm³/mol. The number of benzene rings is 1. The topological polar surface area (TPSA) is 100 Å². The van der Waals surface area contributed by atoms with Crippen LogP contribution in [-0.4, -0.2) is 47.3 Å². The lowest BCUT2D eigenvalue weighted by Crippen LogP contribution is -2.37. The number of sulfone groups is 1. The van der Waals surface area contributed by atoms with Gasteiger partial charge in [-0.3, -0.25) is 0 Å². The fourth-order valence-corrected chi connectivity index (χ4v) is 4.96. The van der Waals surface area contributed by atoms with Gasteiger partial charge in [0, 0.05) is 18.9 Å². The molecule has 144 valence electrons. The van der Waals surface area contributed by atoms with Crippen LogP contribution in [0.5, 0.6) is 0 Å². The van der Waals surface area contributed by atoms with E-state index in [4.69, 9.17) is 0 Å². The van der Waals surface area contributed by atoms with Crippen LogP contribution in [0.2, 0.25) is 0 Å². The molecule has 2 heterocycles. The summed E-state index contributed by atoms with van der Waals surface area (Å²) in [6.45, 7) is -0.324. The van der Waals surface area contributed by atoms with Crippen molar-refractivity contribution in [2.45, 2.75) is 28.8 Å². The van der Waals surface area contributed by atoms with Crippen LogP contribution in [0, 0.1) is 0 Å². The average Bonchev–Trinajstić information content (AvgIpc) is 3.08. The van der Waals surface area contributed by atoms with E-state index in [1.807, 2.05) is 0 Å². The summed E-state index contributed by atoms with van der Waals surface area (Å²) in [6.07, 6.45) is -2.50. The standard InChI is InChI=1S/C16H14F3N3O4S/c17-16(18,19)11-4-1-2-5-13(11)27(25,26)10-8-12(14(23)24)22(9-10)15-20-6-3-7-21-15/h1-7,10,12H,8-9H2,(H,23,24). The van der Waals surface area contributed by atoms with Crippen molar-refractivity contribution < 1.29 is 31.5 Å². The molecule has 0 saturated carbocycles. The molecular formula is C16H14F3N3O4S. The fourth-order valence-electron chi connectivity index (χ4n) is 3.05. The first kappa shape index (κ1) is 19.1. The Labute approximate surface area is 152 Å². The van der Waals surface area contributed by atoms with Crippen molar-refractivity contribution in [1.82, 2.24) is 9.97 Å². The number of hydrogen-bond donors (Lipinski definition) is 1. The van der Waals surface area contributed by atoms with Crippen molar-refractivity contribution in [3.05, 3.63) is 48.3 Å². The lowest BCUT2D eigenvalue weighted by atomic mass is 10.2. The lowest BCUT2D eigenvalue weighted by molar-refractivity contribution is -0.140. The Bertz CT molecular complexity index is 951. The molecule has 0 bridgehead atoms. The quantitative estimate of drug-likeness (QED) is 0.836. The molecule has 1 N–H and O–H groups in total. The molecule has 0 aliphatic carbocycles. The summed E-state index contributed by atoms with van der Waals surface area (Å²) >= 11 is 0. The first-order valence-electron chi connectivity index (χ1n) is 7.79. The molecule has 0 amide bonds. The molecule has 1 aliphatic heterocycles. The number of carboxylic acid groups (broad SMARTS) is 1. The zero-order valence-electron chi connectivity index (χ0n) is 13.7. The summed E-state index contributed by atoms with van der Waals surface area (Å²) in [4.78, 5) is 19.7. The van der Waals surface area contributed by atoms with Crippen molar-refractivity contribution in [2.75, 3.05) is 11.4 Å². The Hall–Kier alpha value is -2.69. The summed E-state index contributed by atoms with van der Waals surface area (Å²) < 4.78 is 65.4. The van der Waals surface area contributed by atoms with E-state index < -0.39 is 43.7 Å². The van der Waals surface area contributed by atoms with Gasteiger partial charge in [0.05, 0.1) is 15.7 Å². The number of carboxylic acids is 1. The number of nitrogens with zero attached hydrogens (tertiary/aromatic N) is 3. The second kappa shape index (κ2) is 6.80. The maximum absolute atomic E-state index is 13.2. The number of halogens is 3. The average molecular weight is 401 g/mol. The summed E-state index contributed by atoms with van der Waals surface area (Å²) in [6, 6.07) is 4.11. The molecular weight excluding hydrogens is 387 g/mol. The highest BCUT2D eigenvalue weighted by atomic mass is 32.2. The lowest BCUT2D eigenvalue weighted by Gasteiger charge is -2.20. The van der Waals surface area contributed by atoms with Crippen LogP contribution in [0.3, 0.4) is 0 Å². The molecule has 3 rings (SSSR count). The minimum Gasteiger partial charge on any atom is -0.480 e. The Morgan fingerprint density at radius 3 is 2.37 bits per heavy atom. The van der Waals surface area contributed by atoms with Crippen LogP contribution in [0.4, 0.5) is 19.1 Å². The second-order valence-electron chi connectivity index (χ2n) is 5.95. The van der Waals surface area contributed by atoms with Gasteiger partial charge in [-0.25, -0.2) is 23.2 Å². The van der Waals surface area contributed by atoms with E-state index in [-0.39, 0.29) is 18.9 Å². The maximum Gasteiger partial charge on any atom is 0.417 e. The normalized spacial score (nSPS) is 20.6. The third-order valence-corrected chi connectivity index (χ3v) is 6.48.